The second-order valence-electron chi connectivity index (χ2n) is 6.32. The van der Waals surface area contributed by atoms with Crippen molar-refractivity contribution in [1.82, 2.24) is 5.32 Å². The van der Waals surface area contributed by atoms with Gasteiger partial charge in [0.2, 0.25) is 0 Å². The van der Waals surface area contributed by atoms with Crippen molar-refractivity contribution in [3.63, 3.8) is 0 Å². The molecule has 1 fully saturated rings. The Bertz CT molecular complexity index is 213. The quantitative estimate of drug-likeness (QED) is 0.537. The molecule has 1 aliphatic carbocycles. The minimum atomic E-state index is 0.176. The summed E-state index contributed by atoms with van der Waals surface area (Å²) >= 11 is 6.16. The number of ether oxygens (including phenoxy) is 1. The molecule has 1 N–H and O–H groups in total. The van der Waals surface area contributed by atoms with E-state index in [2.05, 4.69) is 26.1 Å². The van der Waals surface area contributed by atoms with E-state index >= 15 is 0 Å². The monoisotopic (exact) mass is 275 g/mol. The highest BCUT2D eigenvalue weighted by atomic mass is 35.5. The fourth-order valence-corrected chi connectivity index (χ4v) is 2.84. The lowest BCUT2D eigenvalue weighted by molar-refractivity contribution is 0.113. The summed E-state index contributed by atoms with van der Waals surface area (Å²) in [5, 5.41) is 3.64. The van der Waals surface area contributed by atoms with Crippen LogP contribution in [0.15, 0.2) is 0 Å². The van der Waals surface area contributed by atoms with Gasteiger partial charge in [0.05, 0.1) is 6.61 Å². The normalized spacial score (nSPS) is 28.8. The molecule has 0 aliphatic heterocycles. The van der Waals surface area contributed by atoms with Crippen LogP contribution >= 0.6 is 11.6 Å². The van der Waals surface area contributed by atoms with Gasteiger partial charge in [-0.1, -0.05) is 20.8 Å². The molecule has 18 heavy (non-hydrogen) atoms. The molecule has 0 atom stereocenters. The average molecular weight is 276 g/mol. The molecule has 0 aromatic carbocycles. The van der Waals surface area contributed by atoms with Gasteiger partial charge in [0, 0.05) is 24.6 Å². The lowest BCUT2D eigenvalue weighted by Crippen LogP contribution is -2.50. The topological polar surface area (TPSA) is 21.3 Å². The molecule has 0 amide bonds. The van der Waals surface area contributed by atoms with Crippen LogP contribution in [0.3, 0.4) is 0 Å². The van der Waals surface area contributed by atoms with Gasteiger partial charge in [-0.25, -0.2) is 0 Å². The molecule has 0 aromatic rings. The van der Waals surface area contributed by atoms with Crippen LogP contribution in [0, 0.1) is 11.8 Å². The number of nitrogens with one attached hydrogen (secondary N) is 1. The summed E-state index contributed by atoms with van der Waals surface area (Å²) in [7, 11) is 0. The lowest BCUT2D eigenvalue weighted by Gasteiger charge is -2.39. The maximum Gasteiger partial charge on any atom is 0.0591 e. The molecule has 0 radical (unpaired) electrons. The van der Waals surface area contributed by atoms with Crippen molar-refractivity contribution in [2.45, 2.75) is 58.4 Å². The van der Waals surface area contributed by atoms with Crippen LogP contribution in [0.5, 0.6) is 0 Å². The third-order valence-electron chi connectivity index (χ3n) is 4.07. The van der Waals surface area contributed by atoms with E-state index in [0.29, 0.717) is 0 Å². The van der Waals surface area contributed by atoms with E-state index in [-0.39, 0.29) is 5.54 Å². The maximum absolute atomic E-state index is 6.16. The summed E-state index contributed by atoms with van der Waals surface area (Å²) in [4.78, 5) is 0. The van der Waals surface area contributed by atoms with Crippen molar-refractivity contribution in [1.29, 1.82) is 0 Å². The van der Waals surface area contributed by atoms with Crippen molar-refractivity contribution >= 4 is 11.6 Å². The molecule has 0 spiro atoms. The van der Waals surface area contributed by atoms with Gasteiger partial charge in [-0.15, -0.1) is 11.6 Å². The summed E-state index contributed by atoms with van der Waals surface area (Å²) in [5.41, 5.74) is 0.176. The maximum atomic E-state index is 6.16. The molecule has 0 saturated heterocycles. The predicted molar refractivity (Wildman–Crippen MR) is 79.4 cm³/mol. The van der Waals surface area contributed by atoms with E-state index in [1.165, 1.54) is 25.7 Å². The van der Waals surface area contributed by atoms with E-state index in [4.69, 9.17) is 16.3 Å². The zero-order valence-corrected chi connectivity index (χ0v) is 13.1. The highest BCUT2D eigenvalue weighted by molar-refractivity contribution is 6.18. The Morgan fingerprint density at radius 2 is 1.94 bits per heavy atom. The Kier molecular flexibility index (Phi) is 7.59. The Morgan fingerprint density at radius 1 is 1.28 bits per heavy atom. The molecule has 1 saturated carbocycles. The van der Waals surface area contributed by atoms with E-state index < -0.39 is 0 Å². The smallest absolute Gasteiger partial charge is 0.0591 e. The SMILES string of the molecule is CC(C)CCOCCNC1(CCl)CCC(C)CC1. The predicted octanol–water partition coefficient (Wildman–Crippen LogP) is 3.83. The van der Waals surface area contributed by atoms with Crippen LogP contribution in [-0.4, -0.2) is 31.2 Å². The van der Waals surface area contributed by atoms with Crippen molar-refractivity contribution in [3.05, 3.63) is 0 Å². The third-order valence-corrected chi connectivity index (χ3v) is 4.58. The van der Waals surface area contributed by atoms with Crippen LogP contribution in [-0.2, 0) is 4.74 Å². The second kappa shape index (κ2) is 8.39. The van der Waals surface area contributed by atoms with Gasteiger partial charge >= 0.3 is 0 Å². The summed E-state index contributed by atoms with van der Waals surface area (Å²) in [6.07, 6.45) is 6.17. The Hall–Kier alpha value is 0.210. The summed E-state index contributed by atoms with van der Waals surface area (Å²) in [6.45, 7) is 9.41. The number of alkyl halides is 1. The second-order valence-corrected chi connectivity index (χ2v) is 6.59. The Balaban J connectivity index is 2.12. The van der Waals surface area contributed by atoms with Crippen molar-refractivity contribution in [2.24, 2.45) is 11.8 Å². The molecule has 3 heteroatoms. The van der Waals surface area contributed by atoms with Gasteiger partial charge in [0.1, 0.15) is 0 Å². The molecular weight excluding hydrogens is 246 g/mol. The van der Waals surface area contributed by atoms with Crippen molar-refractivity contribution in [2.75, 3.05) is 25.6 Å². The summed E-state index contributed by atoms with van der Waals surface area (Å²) < 4.78 is 5.64. The molecule has 2 nitrogen and oxygen atoms in total. The molecule has 0 bridgehead atoms. The van der Waals surface area contributed by atoms with Gasteiger partial charge in [0.15, 0.2) is 0 Å². The first-order valence-corrected chi connectivity index (χ1v) is 8.00. The number of rotatable bonds is 8. The lowest BCUT2D eigenvalue weighted by atomic mass is 9.78. The van der Waals surface area contributed by atoms with Crippen LogP contribution in [0.25, 0.3) is 0 Å². The molecule has 1 aliphatic rings. The average Bonchev–Trinajstić information content (AvgIpc) is 2.36. The van der Waals surface area contributed by atoms with E-state index in [1.807, 2.05) is 0 Å². The number of hydrogen-bond donors (Lipinski definition) is 1. The molecule has 0 heterocycles. The van der Waals surface area contributed by atoms with Crippen LogP contribution in [0.2, 0.25) is 0 Å². The van der Waals surface area contributed by atoms with Gasteiger partial charge in [-0.3, -0.25) is 0 Å². The fraction of sp³-hybridized carbons (Fsp3) is 1.00. The fourth-order valence-electron chi connectivity index (χ4n) is 2.48. The van der Waals surface area contributed by atoms with Crippen LogP contribution < -0.4 is 5.32 Å². The van der Waals surface area contributed by atoms with Gasteiger partial charge < -0.3 is 10.1 Å². The first-order valence-electron chi connectivity index (χ1n) is 7.47. The minimum Gasteiger partial charge on any atom is -0.380 e. The zero-order chi connectivity index (χ0) is 13.4. The van der Waals surface area contributed by atoms with Gasteiger partial charge in [-0.2, -0.15) is 0 Å². The first kappa shape index (κ1) is 16.3. The molecular formula is C15H30ClNO. The van der Waals surface area contributed by atoms with Crippen molar-refractivity contribution < 1.29 is 4.74 Å². The zero-order valence-electron chi connectivity index (χ0n) is 12.3. The summed E-state index contributed by atoms with van der Waals surface area (Å²) in [6, 6.07) is 0. The van der Waals surface area contributed by atoms with E-state index in [9.17, 15) is 0 Å². The van der Waals surface area contributed by atoms with Crippen LogP contribution in [0.4, 0.5) is 0 Å². The van der Waals surface area contributed by atoms with E-state index in [1.54, 1.807) is 0 Å². The molecule has 108 valence electrons. The largest absolute Gasteiger partial charge is 0.380 e. The first-order chi connectivity index (χ1) is 8.58. The number of hydrogen-bond acceptors (Lipinski definition) is 2. The third kappa shape index (κ3) is 5.90. The van der Waals surface area contributed by atoms with Gasteiger partial charge in [-0.05, 0) is 43.9 Å². The standard InChI is InChI=1S/C15H30ClNO/c1-13(2)6-10-18-11-9-17-15(12-16)7-4-14(3)5-8-15/h13-14,17H,4-12H2,1-3H3. The summed E-state index contributed by atoms with van der Waals surface area (Å²) in [5.74, 6) is 2.32. The molecule has 0 unspecified atom stereocenters. The highest BCUT2D eigenvalue weighted by Gasteiger charge is 2.32. The Labute approximate surface area is 118 Å². The molecule has 0 aromatic heterocycles. The van der Waals surface area contributed by atoms with Gasteiger partial charge in [0.25, 0.3) is 0 Å². The van der Waals surface area contributed by atoms with Crippen molar-refractivity contribution in [3.8, 4) is 0 Å². The number of halogens is 1. The van der Waals surface area contributed by atoms with Crippen LogP contribution in [0.1, 0.15) is 52.9 Å². The van der Waals surface area contributed by atoms with E-state index in [0.717, 1.165) is 43.9 Å². The minimum absolute atomic E-state index is 0.176. The Morgan fingerprint density at radius 3 is 2.50 bits per heavy atom. The highest BCUT2D eigenvalue weighted by Crippen LogP contribution is 2.32. The molecule has 1 rings (SSSR count).